The number of nitrogens with two attached hydrogens (primary N) is 1. The molecule has 1 aromatic carbocycles. The van der Waals surface area contributed by atoms with Crippen LogP contribution in [0.3, 0.4) is 0 Å². The molecule has 1 aliphatic rings. The summed E-state index contributed by atoms with van der Waals surface area (Å²) in [4.78, 5) is 0. The first-order valence-corrected chi connectivity index (χ1v) is 7.10. The van der Waals surface area contributed by atoms with E-state index < -0.39 is 0 Å². The summed E-state index contributed by atoms with van der Waals surface area (Å²) < 4.78 is 14.3. The summed E-state index contributed by atoms with van der Waals surface area (Å²) in [7, 11) is 0. The first-order chi connectivity index (χ1) is 8.63. The molecule has 1 aromatic rings. The highest BCUT2D eigenvalue weighted by atomic mass is 19.1. The third-order valence-corrected chi connectivity index (χ3v) is 4.31. The van der Waals surface area contributed by atoms with Crippen LogP contribution in [0.5, 0.6) is 0 Å². The van der Waals surface area contributed by atoms with E-state index in [2.05, 4.69) is 6.07 Å². The zero-order valence-corrected chi connectivity index (χ0v) is 11.5. The summed E-state index contributed by atoms with van der Waals surface area (Å²) in [6.07, 6.45) is 5.94. The molecular weight excluding hydrogens is 225 g/mol. The zero-order valence-electron chi connectivity index (χ0n) is 11.5. The molecule has 0 bridgehead atoms. The van der Waals surface area contributed by atoms with Gasteiger partial charge in [-0.2, -0.15) is 0 Å². The van der Waals surface area contributed by atoms with E-state index in [4.69, 9.17) is 5.73 Å². The lowest BCUT2D eigenvalue weighted by atomic mass is 9.80. The first kappa shape index (κ1) is 13.5. The van der Waals surface area contributed by atoms with Gasteiger partial charge in [-0.15, -0.1) is 0 Å². The van der Waals surface area contributed by atoms with Gasteiger partial charge in [0.2, 0.25) is 0 Å². The zero-order chi connectivity index (χ0) is 13.1. The molecule has 18 heavy (non-hydrogen) atoms. The molecule has 1 fully saturated rings. The molecule has 1 saturated carbocycles. The van der Waals surface area contributed by atoms with Crippen molar-refractivity contribution in [1.29, 1.82) is 0 Å². The highest BCUT2D eigenvalue weighted by molar-refractivity contribution is 5.35. The van der Waals surface area contributed by atoms with E-state index in [0.29, 0.717) is 18.4 Å². The molecule has 0 aromatic heterocycles. The van der Waals surface area contributed by atoms with E-state index in [1.54, 1.807) is 6.07 Å². The minimum absolute atomic E-state index is 0.0298. The molecule has 0 saturated heterocycles. The predicted octanol–water partition coefficient (Wildman–Crippen LogP) is 4.07. The second-order valence-corrected chi connectivity index (χ2v) is 5.72. The Balaban J connectivity index is 2.38. The molecule has 0 spiro atoms. The van der Waals surface area contributed by atoms with Crippen molar-refractivity contribution < 1.29 is 4.39 Å². The van der Waals surface area contributed by atoms with E-state index in [1.807, 2.05) is 13.8 Å². The summed E-state index contributed by atoms with van der Waals surface area (Å²) in [6.45, 7) is 4.66. The second kappa shape index (κ2) is 5.83. The van der Waals surface area contributed by atoms with Crippen molar-refractivity contribution in [3.05, 3.63) is 34.6 Å². The largest absolute Gasteiger partial charge is 0.330 e. The van der Waals surface area contributed by atoms with Crippen LogP contribution in [0.4, 0.5) is 4.39 Å². The molecule has 1 aliphatic carbocycles. The fourth-order valence-corrected chi connectivity index (χ4v) is 3.44. The Morgan fingerprint density at radius 3 is 2.56 bits per heavy atom. The van der Waals surface area contributed by atoms with Crippen LogP contribution >= 0.6 is 0 Å². The van der Waals surface area contributed by atoms with Crippen LogP contribution in [-0.2, 0) is 0 Å². The SMILES string of the molecule is Cc1cc(C)c(C2CCCCCC2CN)c(F)c1. The van der Waals surface area contributed by atoms with E-state index in [1.165, 1.54) is 19.3 Å². The molecule has 0 amide bonds. The van der Waals surface area contributed by atoms with Crippen LogP contribution in [0, 0.1) is 25.6 Å². The predicted molar refractivity (Wildman–Crippen MR) is 74.2 cm³/mol. The summed E-state index contributed by atoms with van der Waals surface area (Å²) in [6, 6.07) is 3.76. The summed E-state index contributed by atoms with van der Waals surface area (Å²) in [5, 5.41) is 0. The Morgan fingerprint density at radius 2 is 1.89 bits per heavy atom. The van der Waals surface area contributed by atoms with Gasteiger partial charge in [-0.1, -0.05) is 25.3 Å². The van der Waals surface area contributed by atoms with Crippen LogP contribution < -0.4 is 5.73 Å². The Hall–Kier alpha value is -0.890. The topological polar surface area (TPSA) is 26.0 Å². The minimum Gasteiger partial charge on any atom is -0.330 e. The van der Waals surface area contributed by atoms with Gasteiger partial charge in [-0.25, -0.2) is 4.39 Å². The number of aryl methyl sites for hydroxylation is 2. The fourth-order valence-electron chi connectivity index (χ4n) is 3.44. The van der Waals surface area contributed by atoms with Gasteiger partial charge in [0.25, 0.3) is 0 Å². The van der Waals surface area contributed by atoms with Gasteiger partial charge in [0.05, 0.1) is 0 Å². The van der Waals surface area contributed by atoms with Gasteiger partial charge in [-0.3, -0.25) is 0 Å². The Labute approximate surface area is 110 Å². The van der Waals surface area contributed by atoms with Crippen molar-refractivity contribution in [1.82, 2.24) is 0 Å². The highest BCUT2D eigenvalue weighted by Gasteiger charge is 2.27. The minimum atomic E-state index is -0.0298. The average Bonchev–Trinajstić information content (AvgIpc) is 2.53. The van der Waals surface area contributed by atoms with Crippen molar-refractivity contribution >= 4 is 0 Å². The third-order valence-electron chi connectivity index (χ3n) is 4.31. The quantitative estimate of drug-likeness (QED) is 0.786. The molecule has 0 heterocycles. The van der Waals surface area contributed by atoms with Crippen LogP contribution in [0.25, 0.3) is 0 Å². The monoisotopic (exact) mass is 249 g/mol. The standard InChI is InChI=1S/C16H24FN/c1-11-8-12(2)16(15(17)9-11)14-7-5-3-4-6-13(14)10-18/h8-9,13-14H,3-7,10,18H2,1-2H3. The molecule has 2 rings (SSSR count). The number of halogens is 1. The molecule has 2 atom stereocenters. The summed E-state index contributed by atoms with van der Waals surface area (Å²) in [5.41, 5.74) is 8.94. The molecule has 2 unspecified atom stereocenters. The van der Waals surface area contributed by atoms with Crippen molar-refractivity contribution in [3.63, 3.8) is 0 Å². The van der Waals surface area contributed by atoms with E-state index in [0.717, 1.165) is 29.5 Å². The van der Waals surface area contributed by atoms with Gasteiger partial charge in [0.15, 0.2) is 0 Å². The van der Waals surface area contributed by atoms with E-state index in [-0.39, 0.29) is 5.82 Å². The van der Waals surface area contributed by atoms with Crippen LogP contribution in [0.15, 0.2) is 12.1 Å². The van der Waals surface area contributed by atoms with Crippen molar-refractivity contribution in [3.8, 4) is 0 Å². The summed E-state index contributed by atoms with van der Waals surface area (Å²) >= 11 is 0. The average molecular weight is 249 g/mol. The molecule has 0 aliphatic heterocycles. The van der Waals surface area contributed by atoms with Gasteiger partial charge in [0.1, 0.15) is 5.82 Å². The van der Waals surface area contributed by atoms with Gasteiger partial charge < -0.3 is 5.73 Å². The second-order valence-electron chi connectivity index (χ2n) is 5.72. The smallest absolute Gasteiger partial charge is 0.127 e. The van der Waals surface area contributed by atoms with E-state index >= 15 is 0 Å². The number of hydrogen-bond donors (Lipinski definition) is 1. The normalized spacial score (nSPS) is 24.9. The lowest BCUT2D eigenvalue weighted by molar-refractivity contribution is 0.395. The van der Waals surface area contributed by atoms with Crippen molar-refractivity contribution in [2.45, 2.75) is 51.9 Å². The lowest BCUT2D eigenvalue weighted by Crippen LogP contribution is -2.22. The molecule has 1 nitrogen and oxygen atoms in total. The van der Waals surface area contributed by atoms with Crippen LogP contribution in [-0.4, -0.2) is 6.54 Å². The number of hydrogen-bond acceptors (Lipinski definition) is 1. The number of rotatable bonds is 2. The Kier molecular flexibility index (Phi) is 4.39. The molecule has 100 valence electrons. The molecule has 2 N–H and O–H groups in total. The maximum Gasteiger partial charge on any atom is 0.127 e. The Morgan fingerprint density at radius 1 is 1.17 bits per heavy atom. The van der Waals surface area contributed by atoms with Gasteiger partial charge >= 0.3 is 0 Å². The highest BCUT2D eigenvalue weighted by Crippen LogP contribution is 2.38. The summed E-state index contributed by atoms with van der Waals surface area (Å²) in [5.74, 6) is 0.736. The maximum absolute atomic E-state index is 14.3. The maximum atomic E-state index is 14.3. The molecular formula is C16H24FN. The van der Waals surface area contributed by atoms with Gasteiger partial charge in [0, 0.05) is 0 Å². The van der Waals surface area contributed by atoms with Crippen molar-refractivity contribution in [2.24, 2.45) is 11.7 Å². The fraction of sp³-hybridized carbons (Fsp3) is 0.625. The molecule has 2 heteroatoms. The van der Waals surface area contributed by atoms with Crippen molar-refractivity contribution in [2.75, 3.05) is 6.54 Å². The van der Waals surface area contributed by atoms with Crippen LogP contribution in [0.1, 0.15) is 54.7 Å². The van der Waals surface area contributed by atoms with Gasteiger partial charge in [-0.05, 0) is 67.8 Å². The molecule has 0 radical (unpaired) electrons. The number of benzene rings is 1. The van der Waals surface area contributed by atoms with Crippen LogP contribution in [0.2, 0.25) is 0 Å². The third kappa shape index (κ3) is 2.74. The Bertz CT molecular complexity index is 391. The lowest BCUT2D eigenvalue weighted by Gasteiger charge is -2.26. The van der Waals surface area contributed by atoms with E-state index in [9.17, 15) is 4.39 Å². The first-order valence-electron chi connectivity index (χ1n) is 7.10.